The van der Waals surface area contributed by atoms with Crippen molar-refractivity contribution in [1.82, 2.24) is 10.6 Å². The highest BCUT2D eigenvalue weighted by atomic mass is 16.5. The number of aliphatic hydroxyl groups excluding tert-OH is 1. The number of rotatable bonds is 15. The second kappa shape index (κ2) is 15.9. The fourth-order valence-electron chi connectivity index (χ4n) is 6.37. The van der Waals surface area contributed by atoms with Crippen LogP contribution in [0.4, 0.5) is 4.79 Å². The Morgan fingerprint density at radius 3 is 2.23 bits per heavy atom. The summed E-state index contributed by atoms with van der Waals surface area (Å²) in [5, 5.41) is 25.4. The summed E-state index contributed by atoms with van der Waals surface area (Å²) < 4.78 is 5.49. The molecule has 2 aliphatic rings. The van der Waals surface area contributed by atoms with E-state index in [2.05, 4.69) is 27.8 Å². The molecule has 2 aliphatic carbocycles. The van der Waals surface area contributed by atoms with Crippen molar-refractivity contribution >= 4 is 29.5 Å². The SMILES string of the molecule is CC(C)CC(=NCCCC[C@H](NC(=O)CCNC(=O)OCC1c2ccccc2-c2ccccc21)C(=O)O)C1=C(O)CC(C)(C)CC1=O. The van der Waals surface area contributed by atoms with Crippen molar-refractivity contribution < 1.29 is 34.1 Å². The maximum absolute atomic E-state index is 12.8. The van der Waals surface area contributed by atoms with Gasteiger partial charge in [-0.25, -0.2) is 9.59 Å². The van der Waals surface area contributed by atoms with Gasteiger partial charge in [0, 0.05) is 44.0 Å². The molecule has 0 saturated heterocycles. The van der Waals surface area contributed by atoms with E-state index in [1.165, 1.54) is 0 Å². The lowest BCUT2D eigenvalue weighted by Gasteiger charge is -2.30. The first-order chi connectivity index (χ1) is 22.4. The third-order valence-electron chi connectivity index (χ3n) is 8.54. The minimum absolute atomic E-state index is 0.000782. The van der Waals surface area contributed by atoms with Gasteiger partial charge in [-0.15, -0.1) is 0 Å². The van der Waals surface area contributed by atoms with Gasteiger partial charge >= 0.3 is 12.1 Å². The molecule has 0 radical (unpaired) electrons. The maximum atomic E-state index is 12.8. The highest BCUT2D eigenvalue weighted by Gasteiger charge is 2.35. The smallest absolute Gasteiger partial charge is 0.407 e. The zero-order valence-corrected chi connectivity index (χ0v) is 27.8. The summed E-state index contributed by atoms with van der Waals surface area (Å²) in [6, 6.07) is 15.0. The number of carboxylic acids is 1. The molecule has 2 amide bonds. The average Bonchev–Trinajstić information content (AvgIpc) is 3.31. The van der Waals surface area contributed by atoms with Crippen molar-refractivity contribution in [3.05, 3.63) is 71.0 Å². The highest BCUT2D eigenvalue weighted by molar-refractivity contribution is 6.23. The molecule has 10 heteroatoms. The third kappa shape index (κ3) is 9.53. The Morgan fingerprint density at radius 2 is 1.64 bits per heavy atom. The number of allylic oxidation sites excluding steroid dienone is 2. The van der Waals surface area contributed by atoms with Gasteiger partial charge in [-0.3, -0.25) is 14.6 Å². The molecule has 252 valence electrons. The van der Waals surface area contributed by atoms with E-state index in [4.69, 9.17) is 4.74 Å². The van der Waals surface area contributed by atoms with Gasteiger partial charge in [0.25, 0.3) is 0 Å². The topological polar surface area (TPSA) is 154 Å². The molecule has 2 aromatic carbocycles. The van der Waals surface area contributed by atoms with Crippen LogP contribution >= 0.6 is 0 Å². The van der Waals surface area contributed by atoms with E-state index in [-0.39, 0.29) is 54.8 Å². The van der Waals surface area contributed by atoms with Crippen LogP contribution in [0.2, 0.25) is 0 Å². The van der Waals surface area contributed by atoms with Crippen LogP contribution in [0.1, 0.15) is 89.7 Å². The van der Waals surface area contributed by atoms with Crippen LogP contribution in [-0.2, 0) is 19.1 Å². The summed E-state index contributed by atoms with van der Waals surface area (Å²) in [4.78, 5) is 54.2. The van der Waals surface area contributed by atoms with Crippen LogP contribution in [-0.4, -0.2) is 65.4 Å². The van der Waals surface area contributed by atoms with Crippen LogP contribution < -0.4 is 10.6 Å². The van der Waals surface area contributed by atoms with Gasteiger partial charge in [0.1, 0.15) is 18.4 Å². The number of carbonyl (C=O) groups is 4. The molecule has 0 aliphatic heterocycles. The number of aliphatic hydroxyl groups is 1. The molecular formula is C37H47N3O7. The number of ether oxygens (including phenoxy) is 1. The van der Waals surface area contributed by atoms with E-state index in [9.17, 15) is 29.4 Å². The van der Waals surface area contributed by atoms with E-state index in [1.807, 2.05) is 64.1 Å². The van der Waals surface area contributed by atoms with Crippen LogP contribution in [0.15, 0.2) is 64.9 Å². The number of alkyl carbamates (subject to hydrolysis) is 1. The first-order valence-electron chi connectivity index (χ1n) is 16.5. The fourth-order valence-corrected chi connectivity index (χ4v) is 6.37. The Hall–Kier alpha value is -4.47. The van der Waals surface area contributed by atoms with Crippen molar-refractivity contribution in [3.63, 3.8) is 0 Å². The van der Waals surface area contributed by atoms with Crippen LogP contribution in [0.25, 0.3) is 11.1 Å². The number of nitrogens with one attached hydrogen (secondary N) is 2. The number of aliphatic imine (C=N–C) groups is 1. The summed E-state index contributed by atoms with van der Waals surface area (Å²) in [5.74, 6) is -1.48. The fraction of sp³-hybridized carbons (Fsp3) is 0.486. The Labute approximate surface area is 276 Å². The Morgan fingerprint density at radius 1 is 1.00 bits per heavy atom. The number of carbonyl (C=O) groups excluding carboxylic acids is 3. The van der Waals surface area contributed by atoms with Gasteiger partial charge in [0.15, 0.2) is 5.78 Å². The molecule has 1 atom stereocenters. The molecule has 0 fully saturated rings. The highest BCUT2D eigenvalue weighted by Crippen LogP contribution is 2.44. The maximum Gasteiger partial charge on any atom is 0.407 e. The lowest BCUT2D eigenvalue weighted by Crippen LogP contribution is -2.42. The number of aliphatic carboxylic acids is 1. The van der Waals surface area contributed by atoms with E-state index < -0.39 is 24.0 Å². The van der Waals surface area contributed by atoms with Gasteiger partial charge in [0.05, 0.1) is 5.57 Å². The van der Waals surface area contributed by atoms with Gasteiger partial charge in [-0.2, -0.15) is 0 Å². The Kier molecular flexibility index (Phi) is 12.0. The number of ketones is 1. The largest absolute Gasteiger partial charge is 0.511 e. The van der Waals surface area contributed by atoms with Crippen molar-refractivity contribution in [2.45, 2.75) is 84.6 Å². The standard InChI is InChI=1S/C37H47N3O7/c1-23(2)19-30(34-31(41)20-37(3,4)21-32(34)42)38-17-10-9-15-29(35(44)45)40-33(43)16-18-39-36(46)47-22-28-26-13-7-5-11-24(26)25-12-6-8-14-27(25)28/h5-8,11-14,23,28-29,41H,9-10,15-22H2,1-4H3,(H,39,46)(H,40,43)(H,44,45)/t29-/m0/s1. The zero-order chi connectivity index (χ0) is 34.1. The third-order valence-corrected chi connectivity index (χ3v) is 8.54. The molecule has 0 unspecified atom stereocenters. The summed E-state index contributed by atoms with van der Waals surface area (Å²) in [6.45, 7) is 8.49. The Balaban J connectivity index is 1.19. The zero-order valence-electron chi connectivity index (χ0n) is 27.8. The van der Waals surface area contributed by atoms with Gasteiger partial charge in [-0.05, 0) is 59.3 Å². The van der Waals surface area contributed by atoms with Crippen LogP contribution in [0.5, 0.6) is 0 Å². The first-order valence-corrected chi connectivity index (χ1v) is 16.5. The number of amides is 2. The summed E-state index contributed by atoms with van der Waals surface area (Å²) in [7, 11) is 0. The van der Waals surface area contributed by atoms with Crippen molar-refractivity contribution in [2.24, 2.45) is 16.3 Å². The number of carboxylic acid groups (broad SMARTS) is 1. The molecule has 2 aromatic rings. The van der Waals surface area contributed by atoms with Crippen LogP contribution in [0, 0.1) is 11.3 Å². The van der Waals surface area contributed by atoms with Gasteiger partial charge in [0.2, 0.25) is 5.91 Å². The minimum atomic E-state index is -1.14. The lowest BCUT2D eigenvalue weighted by molar-refractivity contribution is -0.142. The number of Topliss-reactive ketones (excluding diaryl/α,β-unsaturated/α-hetero) is 1. The number of unbranched alkanes of at least 4 members (excludes halogenated alkanes) is 1. The normalized spacial score (nSPS) is 16.4. The van der Waals surface area contributed by atoms with E-state index in [0.717, 1.165) is 22.3 Å². The second-order valence-electron chi connectivity index (χ2n) is 13.6. The number of benzene rings is 2. The molecule has 0 saturated carbocycles. The molecule has 0 heterocycles. The van der Waals surface area contributed by atoms with E-state index in [0.29, 0.717) is 49.9 Å². The minimum Gasteiger partial charge on any atom is -0.511 e. The van der Waals surface area contributed by atoms with Crippen molar-refractivity contribution in [2.75, 3.05) is 19.7 Å². The molecule has 10 nitrogen and oxygen atoms in total. The summed E-state index contributed by atoms with van der Waals surface area (Å²) in [6.07, 6.45) is 1.84. The van der Waals surface area contributed by atoms with Crippen LogP contribution in [0.3, 0.4) is 0 Å². The van der Waals surface area contributed by atoms with E-state index >= 15 is 0 Å². The van der Waals surface area contributed by atoms with Gasteiger partial charge in [-0.1, -0.05) is 76.2 Å². The second-order valence-corrected chi connectivity index (χ2v) is 13.6. The average molecular weight is 646 g/mol. The summed E-state index contributed by atoms with van der Waals surface area (Å²) >= 11 is 0. The molecule has 4 rings (SSSR count). The molecule has 0 aromatic heterocycles. The Bertz CT molecular complexity index is 1500. The first kappa shape index (κ1) is 35.4. The number of hydrogen-bond donors (Lipinski definition) is 4. The van der Waals surface area contributed by atoms with E-state index in [1.54, 1.807) is 0 Å². The molecule has 0 spiro atoms. The molecule has 4 N–H and O–H groups in total. The molecular weight excluding hydrogens is 598 g/mol. The monoisotopic (exact) mass is 645 g/mol. The summed E-state index contributed by atoms with van der Waals surface area (Å²) in [5.41, 5.74) is 5.10. The van der Waals surface area contributed by atoms with Gasteiger partial charge < -0.3 is 25.6 Å². The van der Waals surface area contributed by atoms with Crippen molar-refractivity contribution in [1.29, 1.82) is 0 Å². The predicted octanol–water partition coefficient (Wildman–Crippen LogP) is 6.34. The predicted molar refractivity (Wildman–Crippen MR) is 181 cm³/mol. The number of nitrogens with zero attached hydrogens (tertiary/aromatic N) is 1. The van der Waals surface area contributed by atoms with Crippen molar-refractivity contribution in [3.8, 4) is 11.1 Å². The number of hydrogen-bond acceptors (Lipinski definition) is 7. The quantitative estimate of drug-likeness (QED) is 0.130. The number of fused-ring (bicyclic) bond motifs is 3. The molecule has 47 heavy (non-hydrogen) atoms. The molecule has 0 bridgehead atoms. The lowest BCUT2D eigenvalue weighted by atomic mass is 9.75.